The maximum Gasteiger partial charge on any atom is 0.305 e. The fraction of sp³-hybridized carbons (Fsp3) is 0.903. The van der Waals surface area contributed by atoms with Crippen LogP contribution in [-0.2, 0) is 27.9 Å². The zero-order valence-corrected chi connectivity index (χ0v) is 27.4. The average molecular weight is 592 g/mol. The van der Waals surface area contributed by atoms with E-state index >= 15 is 0 Å². The number of carbonyl (C=O) groups is 1. The molecule has 0 radical (unpaired) electrons. The van der Waals surface area contributed by atoms with Crippen LogP contribution in [0.15, 0.2) is 12.2 Å². The smallest absolute Gasteiger partial charge is 0.305 e. The number of hydrogen-bond donors (Lipinski definition) is 0. The van der Waals surface area contributed by atoms with Crippen molar-refractivity contribution in [3.8, 4) is 0 Å². The minimum absolute atomic E-state index is 0.0247. The maximum atomic E-state index is 12.0. The summed E-state index contributed by atoms with van der Waals surface area (Å²) in [5.41, 5.74) is 0. The molecule has 0 saturated carbocycles. The molecule has 0 N–H and O–H groups in total. The van der Waals surface area contributed by atoms with Gasteiger partial charge in [-0.25, -0.2) is 0 Å². The molecule has 0 bridgehead atoms. The highest BCUT2D eigenvalue weighted by molar-refractivity contribution is 7.45. The largest absolute Gasteiger partial charge is 0.756 e. The third-order valence-corrected chi connectivity index (χ3v) is 7.59. The first kappa shape index (κ1) is 39.2. The second-order valence-corrected chi connectivity index (χ2v) is 13.2. The monoisotopic (exact) mass is 591 g/mol. The standard InChI is InChI=1S/C31H62NO7P/c1-6-8-9-10-11-12-13-14-15-16-17-18-19-20-21-22-23-24-26-36-28-30(39-31(33)7-2)29-38-40(34,35)37-27-25-32(3,4)5/h14-15,30H,6-13,16-29H2,1-5H3/b15-14-. The molecule has 0 aliphatic heterocycles. The van der Waals surface area contributed by atoms with Crippen molar-refractivity contribution in [3.05, 3.63) is 12.2 Å². The number of nitrogens with zero attached hydrogens (tertiary/aromatic N) is 1. The van der Waals surface area contributed by atoms with Gasteiger partial charge in [0.25, 0.3) is 7.82 Å². The van der Waals surface area contributed by atoms with Gasteiger partial charge in [0.1, 0.15) is 19.3 Å². The summed E-state index contributed by atoms with van der Waals surface area (Å²) in [5, 5.41) is 0. The number of ether oxygens (including phenoxy) is 2. The normalized spacial score (nSPS) is 14.4. The van der Waals surface area contributed by atoms with Crippen LogP contribution >= 0.6 is 7.82 Å². The number of unbranched alkanes of at least 4 members (excludes halogenated alkanes) is 14. The second kappa shape index (κ2) is 25.9. The van der Waals surface area contributed by atoms with Crippen LogP contribution in [0.5, 0.6) is 0 Å². The summed E-state index contributed by atoms with van der Waals surface area (Å²) in [6.45, 7) is 4.81. The highest BCUT2D eigenvalue weighted by Crippen LogP contribution is 2.38. The van der Waals surface area contributed by atoms with Crippen LogP contribution in [0.1, 0.15) is 123 Å². The van der Waals surface area contributed by atoms with E-state index in [0.29, 0.717) is 17.6 Å². The topological polar surface area (TPSA) is 94.1 Å². The van der Waals surface area contributed by atoms with E-state index < -0.39 is 19.9 Å². The van der Waals surface area contributed by atoms with Crippen molar-refractivity contribution >= 4 is 13.8 Å². The van der Waals surface area contributed by atoms with E-state index in [2.05, 4.69) is 19.1 Å². The fourth-order valence-electron chi connectivity index (χ4n) is 4.04. The van der Waals surface area contributed by atoms with Crippen LogP contribution in [0.4, 0.5) is 0 Å². The SMILES string of the molecule is CCCCCCCC/C=C\CCCCCCCCCCOCC(COP(=O)([O-])OCC[N+](C)(C)C)OC(=O)CC. The quantitative estimate of drug-likeness (QED) is 0.0295. The molecule has 0 spiro atoms. The van der Waals surface area contributed by atoms with E-state index in [-0.39, 0.29) is 26.2 Å². The minimum Gasteiger partial charge on any atom is -0.756 e. The summed E-state index contributed by atoms with van der Waals surface area (Å²) in [7, 11) is 1.35. The van der Waals surface area contributed by atoms with Gasteiger partial charge in [-0.15, -0.1) is 0 Å². The molecule has 0 aliphatic carbocycles. The third-order valence-electron chi connectivity index (χ3n) is 6.62. The number of rotatable bonds is 29. The molecule has 0 rings (SSSR count). The Morgan fingerprint density at radius 2 is 1.27 bits per heavy atom. The molecule has 40 heavy (non-hydrogen) atoms. The van der Waals surface area contributed by atoms with E-state index in [4.69, 9.17) is 18.5 Å². The highest BCUT2D eigenvalue weighted by Gasteiger charge is 2.19. The number of carbonyl (C=O) groups excluding carboxylic acids is 1. The predicted octanol–water partition coefficient (Wildman–Crippen LogP) is 7.35. The molecule has 2 atom stereocenters. The first-order chi connectivity index (χ1) is 19.1. The molecule has 0 aromatic heterocycles. The Morgan fingerprint density at radius 3 is 1.80 bits per heavy atom. The number of quaternary nitrogens is 1. The van der Waals surface area contributed by atoms with Gasteiger partial charge >= 0.3 is 5.97 Å². The summed E-state index contributed by atoms with van der Waals surface area (Å²) in [6.07, 6.45) is 24.4. The lowest BCUT2D eigenvalue weighted by Crippen LogP contribution is -2.37. The van der Waals surface area contributed by atoms with Gasteiger partial charge in [-0.05, 0) is 32.1 Å². The molecule has 0 aromatic rings. The summed E-state index contributed by atoms with van der Waals surface area (Å²) >= 11 is 0. The van der Waals surface area contributed by atoms with Crippen molar-refractivity contribution in [2.75, 3.05) is 54.1 Å². The summed E-state index contributed by atoms with van der Waals surface area (Å²) in [5.74, 6) is -0.423. The molecule has 9 heteroatoms. The number of hydrogen-bond acceptors (Lipinski definition) is 7. The number of esters is 1. The van der Waals surface area contributed by atoms with Crippen molar-refractivity contribution < 1.29 is 37.3 Å². The molecule has 0 heterocycles. The summed E-state index contributed by atoms with van der Waals surface area (Å²) < 4.78 is 33.4. The van der Waals surface area contributed by atoms with Crippen LogP contribution in [-0.4, -0.2) is 70.7 Å². The maximum absolute atomic E-state index is 12.0. The van der Waals surface area contributed by atoms with Crippen molar-refractivity contribution in [1.82, 2.24) is 0 Å². The Kier molecular flexibility index (Phi) is 25.4. The highest BCUT2D eigenvalue weighted by atomic mass is 31.2. The van der Waals surface area contributed by atoms with Crippen molar-refractivity contribution in [2.24, 2.45) is 0 Å². The molecule has 8 nitrogen and oxygen atoms in total. The summed E-state index contributed by atoms with van der Waals surface area (Å²) in [4.78, 5) is 23.7. The number of allylic oxidation sites excluding steroid dienone is 2. The van der Waals surface area contributed by atoms with Gasteiger partial charge in [0.05, 0.1) is 34.4 Å². The molecule has 0 saturated heterocycles. The zero-order valence-electron chi connectivity index (χ0n) is 26.5. The van der Waals surface area contributed by atoms with E-state index in [1.807, 2.05) is 21.1 Å². The average Bonchev–Trinajstić information content (AvgIpc) is 2.89. The lowest BCUT2D eigenvalue weighted by Gasteiger charge is -2.28. The number of phosphoric ester groups is 1. The van der Waals surface area contributed by atoms with E-state index in [9.17, 15) is 14.3 Å². The van der Waals surface area contributed by atoms with Gasteiger partial charge in [0.15, 0.2) is 0 Å². The Balaban J connectivity index is 3.80. The van der Waals surface area contributed by atoms with Gasteiger partial charge < -0.3 is 27.9 Å². The van der Waals surface area contributed by atoms with Crippen LogP contribution in [0.3, 0.4) is 0 Å². The van der Waals surface area contributed by atoms with Gasteiger partial charge in [0.2, 0.25) is 0 Å². The predicted molar refractivity (Wildman–Crippen MR) is 162 cm³/mol. The molecule has 0 fully saturated rings. The van der Waals surface area contributed by atoms with E-state index in [0.717, 1.165) is 12.8 Å². The molecule has 0 amide bonds. The first-order valence-electron chi connectivity index (χ1n) is 15.9. The fourth-order valence-corrected chi connectivity index (χ4v) is 4.77. The lowest BCUT2D eigenvalue weighted by atomic mass is 10.1. The van der Waals surface area contributed by atoms with Gasteiger partial charge in [0, 0.05) is 13.0 Å². The first-order valence-corrected chi connectivity index (χ1v) is 17.4. The van der Waals surface area contributed by atoms with Crippen LogP contribution in [0, 0.1) is 0 Å². The van der Waals surface area contributed by atoms with Gasteiger partial charge in [-0.1, -0.05) is 96.6 Å². The molecule has 238 valence electrons. The van der Waals surface area contributed by atoms with Crippen LogP contribution < -0.4 is 4.89 Å². The minimum atomic E-state index is -4.47. The molecular formula is C31H62NO7P. The Labute approximate surface area is 246 Å². The van der Waals surface area contributed by atoms with Crippen molar-refractivity contribution in [2.45, 2.75) is 129 Å². The van der Waals surface area contributed by atoms with Crippen LogP contribution in [0.2, 0.25) is 0 Å². The zero-order chi connectivity index (χ0) is 30.0. The summed E-state index contributed by atoms with van der Waals surface area (Å²) in [6, 6.07) is 0. The van der Waals surface area contributed by atoms with Crippen molar-refractivity contribution in [1.29, 1.82) is 0 Å². The van der Waals surface area contributed by atoms with E-state index in [1.54, 1.807) is 6.92 Å². The Hall–Kier alpha value is -0.760. The number of phosphoric acid groups is 1. The number of likely N-dealkylation sites (N-methyl/N-ethyl adjacent to an activating group) is 1. The van der Waals surface area contributed by atoms with Crippen LogP contribution in [0.25, 0.3) is 0 Å². The molecule has 0 aliphatic rings. The molecule has 2 unspecified atom stereocenters. The third kappa shape index (κ3) is 28.8. The van der Waals surface area contributed by atoms with Crippen molar-refractivity contribution in [3.63, 3.8) is 0 Å². The Morgan fingerprint density at radius 1 is 0.750 bits per heavy atom. The molecular weight excluding hydrogens is 529 g/mol. The Bertz CT molecular complexity index is 667. The lowest BCUT2D eigenvalue weighted by molar-refractivity contribution is -0.870. The van der Waals surface area contributed by atoms with E-state index in [1.165, 1.54) is 89.9 Å². The second-order valence-electron chi connectivity index (χ2n) is 11.8. The van der Waals surface area contributed by atoms with Gasteiger partial charge in [-0.2, -0.15) is 0 Å². The molecule has 0 aromatic carbocycles. The van der Waals surface area contributed by atoms with Gasteiger partial charge in [-0.3, -0.25) is 9.36 Å².